The van der Waals surface area contributed by atoms with Crippen LogP contribution in [-0.4, -0.2) is 28.4 Å². The van der Waals surface area contributed by atoms with Gasteiger partial charge in [-0.25, -0.2) is 17.5 Å². The zero-order valence-corrected chi connectivity index (χ0v) is 17.2. The lowest BCUT2D eigenvalue weighted by Gasteiger charge is -2.21. The van der Waals surface area contributed by atoms with E-state index in [1.54, 1.807) is 6.07 Å². The summed E-state index contributed by atoms with van der Waals surface area (Å²) >= 11 is 0. The van der Waals surface area contributed by atoms with Crippen molar-refractivity contribution >= 4 is 16.1 Å². The van der Waals surface area contributed by atoms with E-state index in [-0.39, 0.29) is 43.4 Å². The molecular formula is C21H20F3NO5S. The van der Waals surface area contributed by atoms with Crippen LogP contribution in [0, 0.1) is 5.82 Å². The molecule has 6 nitrogen and oxygen atoms in total. The van der Waals surface area contributed by atoms with E-state index in [2.05, 4.69) is 9.46 Å². The molecule has 0 saturated carbocycles. The number of rotatable bonds is 7. The number of aryl methyl sites for hydroxylation is 1. The molecule has 31 heavy (non-hydrogen) atoms. The number of alkyl halides is 2. The summed E-state index contributed by atoms with van der Waals surface area (Å²) in [5, 5.41) is 0. The predicted octanol–water partition coefficient (Wildman–Crippen LogP) is 3.74. The molecule has 0 bridgehead atoms. The Kier molecular flexibility index (Phi) is 6.22. The van der Waals surface area contributed by atoms with Gasteiger partial charge in [0.2, 0.25) is 10.0 Å². The molecule has 4 rings (SSSR count). The summed E-state index contributed by atoms with van der Waals surface area (Å²) in [7, 11) is -3.76. The first-order valence-corrected chi connectivity index (χ1v) is 11.1. The summed E-state index contributed by atoms with van der Waals surface area (Å²) in [5.41, 5.74) is 2.53. The topological polar surface area (TPSA) is 73.9 Å². The molecule has 1 aliphatic heterocycles. The Morgan fingerprint density at radius 2 is 1.97 bits per heavy atom. The number of ether oxygens (including phenoxy) is 3. The molecule has 0 spiro atoms. The van der Waals surface area contributed by atoms with Gasteiger partial charge in [0.1, 0.15) is 17.3 Å². The maximum atomic E-state index is 13.8. The Morgan fingerprint density at radius 3 is 2.77 bits per heavy atom. The van der Waals surface area contributed by atoms with Crippen molar-refractivity contribution in [1.82, 2.24) is 4.72 Å². The first kappa shape index (κ1) is 21.7. The van der Waals surface area contributed by atoms with Crippen molar-refractivity contribution < 1.29 is 35.8 Å². The van der Waals surface area contributed by atoms with Crippen LogP contribution in [0.5, 0.6) is 11.5 Å². The standard InChI is InChI=1S/C21H20F3NO5S/c22-17-7-15(20-16(8-17)11-28-12-29-20)5-6-25-31(26,27)19-4-2-13-9-18(30-21(23)24)3-1-14(13)10-19/h1,3,7-10,21,25H,2,4-6,11-12H2. The molecule has 1 N–H and O–H groups in total. The normalized spacial score (nSPS) is 15.7. The zero-order valence-electron chi connectivity index (χ0n) is 16.4. The Hall–Kier alpha value is -2.56. The van der Waals surface area contributed by atoms with Crippen molar-refractivity contribution in [3.05, 3.63) is 63.3 Å². The summed E-state index contributed by atoms with van der Waals surface area (Å²) in [6, 6.07) is 7.09. The third-order valence-corrected chi connectivity index (χ3v) is 6.68. The van der Waals surface area contributed by atoms with Gasteiger partial charge in [-0.15, -0.1) is 0 Å². The highest BCUT2D eigenvalue weighted by Gasteiger charge is 2.23. The van der Waals surface area contributed by atoms with Crippen molar-refractivity contribution in [1.29, 1.82) is 0 Å². The highest BCUT2D eigenvalue weighted by Crippen LogP contribution is 2.31. The number of nitrogens with one attached hydrogen (secondary N) is 1. The second-order valence-electron chi connectivity index (χ2n) is 7.16. The second-order valence-corrected chi connectivity index (χ2v) is 8.98. The van der Waals surface area contributed by atoms with Gasteiger partial charge in [0.15, 0.2) is 6.79 Å². The van der Waals surface area contributed by atoms with Crippen LogP contribution in [0.15, 0.2) is 35.2 Å². The van der Waals surface area contributed by atoms with Gasteiger partial charge in [0.05, 0.1) is 11.5 Å². The molecule has 0 unspecified atom stereocenters. The zero-order chi connectivity index (χ0) is 22.0. The van der Waals surface area contributed by atoms with E-state index < -0.39 is 22.5 Å². The molecule has 0 amide bonds. The number of halogens is 3. The second kappa shape index (κ2) is 8.89. The lowest BCUT2D eigenvalue weighted by atomic mass is 9.97. The van der Waals surface area contributed by atoms with Gasteiger partial charge in [-0.3, -0.25) is 0 Å². The predicted molar refractivity (Wildman–Crippen MR) is 107 cm³/mol. The van der Waals surface area contributed by atoms with E-state index in [1.807, 2.05) is 0 Å². The van der Waals surface area contributed by atoms with Gasteiger partial charge < -0.3 is 14.2 Å². The molecule has 0 atom stereocenters. The highest BCUT2D eigenvalue weighted by molar-refractivity contribution is 7.93. The minimum absolute atomic E-state index is 0.0395. The summed E-state index contributed by atoms with van der Waals surface area (Å²) in [5.74, 6) is 0.129. The molecule has 10 heteroatoms. The van der Waals surface area contributed by atoms with Gasteiger partial charge in [-0.1, -0.05) is 6.07 Å². The Morgan fingerprint density at radius 1 is 1.13 bits per heavy atom. The Balaban J connectivity index is 1.44. The first-order valence-electron chi connectivity index (χ1n) is 9.61. The van der Waals surface area contributed by atoms with Crippen LogP contribution in [-0.2, 0) is 34.2 Å². The molecule has 0 saturated heterocycles. The summed E-state index contributed by atoms with van der Waals surface area (Å²) in [6.07, 6.45) is 2.39. The van der Waals surface area contributed by atoms with Gasteiger partial charge in [-0.2, -0.15) is 8.78 Å². The fourth-order valence-corrected chi connectivity index (χ4v) is 4.90. The van der Waals surface area contributed by atoms with Crippen LogP contribution in [0.1, 0.15) is 28.7 Å². The molecule has 2 aromatic carbocycles. The van der Waals surface area contributed by atoms with Crippen molar-refractivity contribution in [2.45, 2.75) is 32.5 Å². The van der Waals surface area contributed by atoms with Gasteiger partial charge >= 0.3 is 6.61 Å². The van der Waals surface area contributed by atoms with Crippen LogP contribution < -0.4 is 14.2 Å². The van der Waals surface area contributed by atoms with Gasteiger partial charge in [-0.05, 0) is 66.3 Å². The van der Waals surface area contributed by atoms with Crippen LogP contribution >= 0.6 is 0 Å². The summed E-state index contributed by atoms with van der Waals surface area (Å²) in [6.45, 7) is -2.55. The molecule has 0 aromatic heterocycles. The lowest BCUT2D eigenvalue weighted by molar-refractivity contribution is -0.0498. The van der Waals surface area contributed by atoms with Crippen LogP contribution in [0.3, 0.4) is 0 Å². The number of hydrogen-bond acceptors (Lipinski definition) is 5. The Labute approximate surface area is 177 Å². The van der Waals surface area contributed by atoms with Gasteiger partial charge in [0.25, 0.3) is 0 Å². The van der Waals surface area contributed by atoms with E-state index in [1.165, 1.54) is 30.3 Å². The molecular weight excluding hydrogens is 435 g/mol. The van der Waals surface area contributed by atoms with Crippen LogP contribution in [0.4, 0.5) is 13.2 Å². The van der Waals surface area contributed by atoms with Crippen LogP contribution in [0.25, 0.3) is 6.08 Å². The summed E-state index contributed by atoms with van der Waals surface area (Å²) < 4.78 is 81.6. The molecule has 2 aliphatic rings. The quantitative estimate of drug-likeness (QED) is 0.689. The van der Waals surface area contributed by atoms with Crippen molar-refractivity contribution in [3.8, 4) is 11.5 Å². The average Bonchev–Trinajstić information content (AvgIpc) is 2.72. The highest BCUT2D eigenvalue weighted by atomic mass is 32.2. The van der Waals surface area contributed by atoms with E-state index in [9.17, 15) is 21.6 Å². The van der Waals surface area contributed by atoms with Gasteiger partial charge in [0, 0.05) is 12.1 Å². The fraction of sp³-hybridized carbons (Fsp3) is 0.333. The number of benzene rings is 2. The number of allylic oxidation sites excluding steroid dienone is 1. The van der Waals surface area contributed by atoms with Crippen molar-refractivity contribution in [3.63, 3.8) is 0 Å². The number of fused-ring (bicyclic) bond motifs is 2. The monoisotopic (exact) mass is 455 g/mol. The molecule has 0 radical (unpaired) electrons. The van der Waals surface area contributed by atoms with Crippen LogP contribution in [0.2, 0.25) is 0 Å². The van der Waals surface area contributed by atoms with Crippen molar-refractivity contribution in [2.24, 2.45) is 0 Å². The van der Waals surface area contributed by atoms with E-state index in [4.69, 9.17) is 9.47 Å². The van der Waals surface area contributed by atoms with E-state index in [0.29, 0.717) is 28.9 Å². The minimum atomic E-state index is -3.76. The Bertz CT molecular complexity index is 1120. The summed E-state index contributed by atoms with van der Waals surface area (Å²) in [4.78, 5) is 0.202. The minimum Gasteiger partial charge on any atom is -0.467 e. The third kappa shape index (κ3) is 5.03. The largest absolute Gasteiger partial charge is 0.467 e. The fourth-order valence-electron chi connectivity index (χ4n) is 3.69. The SMILES string of the molecule is O=S(=O)(NCCc1cc(F)cc2c1OCOC2)C1=Cc2ccc(OC(F)F)cc2CC1. The maximum Gasteiger partial charge on any atom is 0.387 e. The molecule has 2 aromatic rings. The maximum absolute atomic E-state index is 13.8. The smallest absolute Gasteiger partial charge is 0.387 e. The molecule has 1 aliphatic carbocycles. The lowest BCUT2D eigenvalue weighted by Crippen LogP contribution is -2.28. The van der Waals surface area contributed by atoms with Crippen molar-refractivity contribution in [2.75, 3.05) is 13.3 Å². The molecule has 0 fully saturated rings. The third-order valence-electron chi connectivity index (χ3n) is 5.08. The first-order chi connectivity index (χ1) is 14.8. The number of sulfonamides is 1. The van der Waals surface area contributed by atoms with E-state index in [0.717, 1.165) is 5.56 Å². The average molecular weight is 455 g/mol. The molecule has 1 heterocycles. The number of hydrogen-bond donors (Lipinski definition) is 1. The molecule has 166 valence electrons. The van der Waals surface area contributed by atoms with E-state index >= 15 is 0 Å².